The lowest BCUT2D eigenvalue weighted by molar-refractivity contribution is 0.0697. The molecule has 5 nitrogen and oxygen atoms in total. The average molecular weight is 317 g/mol. The Morgan fingerprint density at radius 2 is 1.82 bits per heavy atom. The predicted octanol–water partition coefficient (Wildman–Crippen LogP) is 3.11. The standard InChI is InChI=1S/C16H15NO4S/c1-12-11-14(16(18)19)7-8-15(12)17-22(20,21)10-9-13-5-3-2-4-6-13/h2-11,17H,1H3,(H,18,19)/b10-9+. The molecule has 0 spiro atoms. The fourth-order valence-corrected chi connectivity index (χ4v) is 2.77. The molecule has 0 amide bonds. The highest BCUT2D eigenvalue weighted by atomic mass is 32.2. The van der Waals surface area contributed by atoms with Crippen molar-refractivity contribution in [2.24, 2.45) is 0 Å². The van der Waals surface area contributed by atoms with Crippen LogP contribution in [0, 0.1) is 6.92 Å². The minimum absolute atomic E-state index is 0.111. The van der Waals surface area contributed by atoms with Gasteiger partial charge in [0.2, 0.25) is 0 Å². The van der Waals surface area contributed by atoms with Gasteiger partial charge in [0.15, 0.2) is 0 Å². The van der Waals surface area contributed by atoms with E-state index in [1.807, 2.05) is 18.2 Å². The number of sulfonamides is 1. The zero-order valence-electron chi connectivity index (χ0n) is 11.9. The monoisotopic (exact) mass is 317 g/mol. The Balaban J connectivity index is 2.19. The highest BCUT2D eigenvalue weighted by Gasteiger charge is 2.10. The van der Waals surface area contributed by atoms with E-state index >= 15 is 0 Å². The van der Waals surface area contributed by atoms with Gasteiger partial charge in [-0.3, -0.25) is 4.72 Å². The minimum Gasteiger partial charge on any atom is -0.478 e. The van der Waals surface area contributed by atoms with Crippen molar-refractivity contribution in [1.29, 1.82) is 0 Å². The van der Waals surface area contributed by atoms with Crippen LogP contribution in [0.1, 0.15) is 21.5 Å². The van der Waals surface area contributed by atoms with Crippen molar-refractivity contribution in [3.05, 3.63) is 70.6 Å². The summed E-state index contributed by atoms with van der Waals surface area (Å²) in [5.41, 5.74) is 1.77. The van der Waals surface area contributed by atoms with Crippen LogP contribution in [0.3, 0.4) is 0 Å². The Bertz CT molecular complexity index is 811. The molecule has 0 saturated heterocycles. The van der Waals surface area contributed by atoms with Gasteiger partial charge in [0, 0.05) is 0 Å². The number of anilines is 1. The maximum Gasteiger partial charge on any atom is 0.335 e. The molecule has 0 saturated carbocycles. The van der Waals surface area contributed by atoms with Crippen LogP contribution >= 0.6 is 0 Å². The molecule has 2 aromatic carbocycles. The normalized spacial score (nSPS) is 11.5. The molecule has 0 aliphatic heterocycles. The van der Waals surface area contributed by atoms with Crippen LogP contribution < -0.4 is 4.72 Å². The van der Waals surface area contributed by atoms with E-state index in [0.29, 0.717) is 11.3 Å². The van der Waals surface area contributed by atoms with Crippen LogP contribution in [0.2, 0.25) is 0 Å². The van der Waals surface area contributed by atoms with Crippen molar-refractivity contribution in [2.75, 3.05) is 4.72 Å². The molecule has 0 aliphatic rings. The van der Waals surface area contributed by atoms with Crippen LogP contribution in [0.5, 0.6) is 0 Å². The minimum atomic E-state index is -3.67. The first-order valence-corrected chi connectivity index (χ1v) is 8.02. The van der Waals surface area contributed by atoms with Crippen molar-refractivity contribution in [2.45, 2.75) is 6.92 Å². The third-order valence-corrected chi connectivity index (χ3v) is 3.96. The third kappa shape index (κ3) is 4.20. The molecule has 0 atom stereocenters. The molecule has 6 heteroatoms. The van der Waals surface area contributed by atoms with E-state index in [1.165, 1.54) is 24.3 Å². The Hall–Kier alpha value is -2.60. The summed E-state index contributed by atoms with van der Waals surface area (Å²) < 4.78 is 26.5. The van der Waals surface area contributed by atoms with Crippen molar-refractivity contribution in [3.8, 4) is 0 Å². The first-order valence-electron chi connectivity index (χ1n) is 6.47. The molecule has 2 aromatic rings. The summed E-state index contributed by atoms with van der Waals surface area (Å²) >= 11 is 0. The number of rotatable bonds is 5. The van der Waals surface area contributed by atoms with Gasteiger partial charge < -0.3 is 5.11 Å². The zero-order chi connectivity index (χ0) is 16.2. The Morgan fingerprint density at radius 1 is 1.14 bits per heavy atom. The molecule has 0 unspecified atom stereocenters. The smallest absolute Gasteiger partial charge is 0.335 e. The second-order valence-corrected chi connectivity index (χ2v) is 6.26. The average Bonchev–Trinajstić information content (AvgIpc) is 2.48. The summed E-state index contributed by atoms with van der Waals surface area (Å²) in [6.45, 7) is 1.64. The first-order chi connectivity index (χ1) is 10.4. The summed E-state index contributed by atoms with van der Waals surface area (Å²) in [6.07, 6.45) is 1.49. The molecule has 2 N–H and O–H groups in total. The molecule has 2 rings (SSSR count). The quantitative estimate of drug-likeness (QED) is 0.887. The molecular weight excluding hydrogens is 302 g/mol. The van der Waals surface area contributed by atoms with Gasteiger partial charge in [0.05, 0.1) is 16.7 Å². The Kier molecular flexibility index (Phi) is 4.62. The molecule has 0 radical (unpaired) electrons. The van der Waals surface area contributed by atoms with Crippen molar-refractivity contribution < 1.29 is 18.3 Å². The van der Waals surface area contributed by atoms with Gasteiger partial charge in [-0.15, -0.1) is 0 Å². The highest BCUT2D eigenvalue weighted by molar-refractivity contribution is 7.95. The molecule has 0 aromatic heterocycles. The van der Waals surface area contributed by atoms with Gasteiger partial charge in [-0.25, -0.2) is 13.2 Å². The molecule has 0 heterocycles. The van der Waals surface area contributed by atoms with E-state index in [2.05, 4.69) is 4.72 Å². The molecule has 114 valence electrons. The van der Waals surface area contributed by atoms with Crippen LogP contribution in [-0.4, -0.2) is 19.5 Å². The number of hydrogen-bond acceptors (Lipinski definition) is 3. The molecule has 0 fully saturated rings. The SMILES string of the molecule is Cc1cc(C(=O)O)ccc1NS(=O)(=O)/C=C/c1ccccc1. The van der Waals surface area contributed by atoms with Gasteiger partial charge >= 0.3 is 5.97 Å². The lowest BCUT2D eigenvalue weighted by Gasteiger charge is -2.08. The molecule has 0 aliphatic carbocycles. The summed E-state index contributed by atoms with van der Waals surface area (Å²) in [6, 6.07) is 13.3. The van der Waals surface area contributed by atoms with Crippen molar-refractivity contribution in [1.82, 2.24) is 0 Å². The first kappa shape index (κ1) is 15.8. The van der Waals surface area contributed by atoms with Crippen LogP contribution in [0.4, 0.5) is 5.69 Å². The van der Waals surface area contributed by atoms with Gasteiger partial charge in [0.1, 0.15) is 0 Å². The number of benzene rings is 2. The van der Waals surface area contributed by atoms with E-state index in [1.54, 1.807) is 19.1 Å². The zero-order valence-corrected chi connectivity index (χ0v) is 12.7. The van der Waals surface area contributed by atoms with E-state index in [0.717, 1.165) is 11.0 Å². The predicted molar refractivity (Wildman–Crippen MR) is 86.2 cm³/mol. The van der Waals surface area contributed by atoms with Crippen LogP contribution in [-0.2, 0) is 10.0 Å². The Labute approximate surface area is 129 Å². The summed E-state index contributed by atoms with van der Waals surface area (Å²) in [7, 11) is -3.67. The summed E-state index contributed by atoms with van der Waals surface area (Å²) in [5.74, 6) is -1.05. The van der Waals surface area contributed by atoms with Crippen LogP contribution in [0.15, 0.2) is 53.9 Å². The number of carboxylic acids is 1. The second kappa shape index (κ2) is 6.44. The number of carbonyl (C=O) groups is 1. The number of hydrogen-bond donors (Lipinski definition) is 2. The number of carboxylic acid groups (broad SMARTS) is 1. The van der Waals surface area contributed by atoms with Crippen LogP contribution in [0.25, 0.3) is 6.08 Å². The number of nitrogens with one attached hydrogen (secondary N) is 1. The number of aromatic carboxylic acids is 1. The van der Waals surface area contributed by atoms with E-state index in [-0.39, 0.29) is 5.56 Å². The maximum atomic E-state index is 12.0. The summed E-state index contributed by atoms with van der Waals surface area (Å²) in [5, 5.41) is 9.97. The molecular formula is C16H15NO4S. The van der Waals surface area contributed by atoms with Crippen molar-refractivity contribution >= 4 is 27.8 Å². The number of aryl methyl sites for hydroxylation is 1. The fourth-order valence-electron chi connectivity index (χ4n) is 1.83. The van der Waals surface area contributed by atoms with Gasteiger partial charge in [-0.1, -0.05) is 30.3 Å². The van der Waals surface area contributed by atoms with Crippen molar-refractivity contribution in [3.63, 3.8) is 0 Å². The lowest BCUT2D eigenvalue weighted by Crippen LogP contribution is -2.10. The topological polar surface area (TPSA) is 83.5 Å². The van der Waals surface area contributed by atoms with Gasteiger partial charge in [-0.05, 0) is 42.3 Å². The van der Waals surface area contributed by atoms with Gasteiger partial charge in [0.25, 0.3) is 10.0 Å². The largest absolute Gasteiger partial charge is 0.478 e. The summed E-state index contributed by atoms with van der Waals surface area (Å²) in [4.78, 5) is 10.9. The van der Waals surface area contributed by atoms with Gasteiger partial charge in [-0.2, -0.15) is 0 Å². The maximum absolute atomic E-state index is 12.0. The van der Waals surface area contributed by atoms with E-state index in [9.17, 15) is 13.2 Å². The molecule has 22 heavy (non-hydrogen) atoms. The fraction of sp³-hybridized carbons (Fsp3) is 0.0625. The lowest BCUT2D eigenvalue weighted by atomic mass is 10.1. The molecule has 0 bridgehead atoms. The second-order valence-electron chi connectivity index (χ2n) is 4.70. The van der Waals surface area contributed by atoms with E-state index < -0.39 is 16.0 Å². The highest BCUT2D eigenvalue weighted by Crippen LogP contribution is 2.18. The van der Waals surface area contributed by atoms with E-state index in [4.69, 9.17) is 5.11 Å². The Morgan fingerprint density at radius 3 is 2.41 bits per heavy atom. The third-order valence-electron chi connectivity index (χ3n) is 2.96.